The Morgan fingerprint density at radius 2 is 1.84 bits per heavy atom. The van der Waals surface area contributed by atoms with Gasteiger partial charge in [0.25, 0.3) is 5.91 Å². The highest BCUT2D eigenvalue weighted by Crippen LogP contribution is 2.44. The van der Waals surface area contributed by atoms with Crippen LogP contribution in [-0.4, -0.2) is 74.9 Å². The van der Waals surface area contributed by atoms with E-state index in [0.717, 1.165) is 16.1 Å². The zero-order chi connectivity index (χ0) is 35.8. The molecule has 2 aliphatic rings. The molecule has 2 aliphatic heterocycles. The van der Waals surface area contributed by atoms with Gasteiger partial charge >= 0.3 is 0 Å². The van der Waals surface area contributed by atoms with Crippen molar-refractivity contribution in [2.45, 2.75) is 25.1 Å². The van der Waals surface area contributed by atoms with Gasteiger partial charge in [-0.05, 0) is 73.0 Å². The van der Waals surface area contributed by atoms with Crippen LogP contribution >= 0.6 is 0 Å². The number of nitrogens with zero attached hydrogens (tertiary/aromatic N) is 4. The predicted molar refractivity (Wildman–Crippen MR) is 191 cm³/mol. The van der Waals surface area contributed by atoms with E-state index in [1.165, 1.54) is 44.4 Å². The molecule has 0 spiro atoms. The summed E-state index contributed by atoms with van der Waals surface area (Å²) in [7, 11) is -0.869. The van der Waals surface area contributed by atoms with Gasteiger partial charge in [0, 0.05) is 61.7 Å². The fourth-order valence-electron chi connectivity index (χ4n) is 7.49. The number of fused-ring (bicyclic) bond motifs is 6. The van der Waals surface area contributed by atoms with E-state index in [4.69, 9.17) is 9.40 Å². The van der Waals surface area contributed by atoms with E-state index >= 15 is 4.39 Å². The van der Waals surface area contributed by atoms with Gasteiger partial charge in [-0.3, -0.25) is 14.0 Å². The van der Waals surface area contributed by atoms with E-state index in [9.17, 15) is 22.0 Å². The lowest BCUT2D eigenvalue weighted by Crippen LogP contribution is -2.32. The number of rotatable bonds is 7. The second kappa shape index (κ2) is 12.3. The Balaban J connectivity index is 1.33. The minimum absolute atomic E-state index is 0.0982. The number of alkyl halides is 1. The molecule has 0 aliphatic carbocycles. The van der Waals surface area contributed by atoms with Gasteiger partial charge in [-0.25, -0.2) is 26.6 Å². The van der Waals surface area contributed by atoms with Crippen molar-refractivity contribution in [1.29, 1.82) is 0 Å². The molecule has 9 nitrogen and oxygen atoms in total. The number of anilines is 1. The molecule has 1 amide bonds. The topological polar surface area (TPSA) is 101 Å². The number of halogens is 3. The van der Waals surface area contributed by atoms with Gasteiger partial charge in [0.2, 0.25) is 10.0 Å². The highest BCUT2D eigenvalue weighted by molar-refractivity contribution is 7.92. The highest BCUT2D eigenvalue weighted by atomic mass is 32.2. The van der Waals surface area contributed by atoms with Gasteiger partial charge in [0.05, 0.1) is 46.1 Å². The first kappa shape index (κ1) is 33.0. The Morgan fingerprint density at radius 1 is 1.06 bits per heavy atom. The van der Waals surface area contributed by atoms with Crippen LogP contribution in [0.5, 0.6) is 0 Å². The number of carbonyl (C=O) groups excluding carboxylic acids is 1. The van der Waals surface area contributed by atoms with Crippen molar-refractivity contribution in [2.24, 2.45) is 0 Å². The zero-order valence-corrected chi connectivity index (χ0v) is 28.9. The standard InChI is InChI=1S/C38H34F3N5O4S/c1-42-38(47)35-28-16-27(32(44(2)51(3,48)49)18-34(28)50-37(35)21-7-10-23(39)11-8-21)30-12-9-22-15-25(20-45-14-13-24(40)19-45)46-31-6-4-5-29(41)26(31)17-33(46)36(22)43-30/h4-12,16-18,24-25H,13-15,19-20H2,1-3H3,(H,42,47)/t24-,25?/m1/s1. The van der Waals surface area contributed by atoms with Crippen molar-refractivity contribution in [3.63, 3.8) is 0 Å². The quantitative estimate of drug-likeness (QED) is 0.192. The molecule has 1 fully saturated rings. The monoisotopic (exact) mass is 713 g/mol. The number of benzene rings is 3. The van der Waals surface area contributed by atoms with Gasteiger partial charge in [-0.1, -0.05) is 12.1 Å². The number of amides is 1. The van der Waals surface area contributed by atoms with Crippen LogP contribution in [0.3, 0.4) is 0 Å². The lowest BCUT2D eigenvalue weighted by molar-refractivity contribution is 0.0964. The number of pyridine rings is 1. The SMILES string of the molecule is CNC(=O)c1c(-c2ccc(F)cc2)oc2cc(N(C)S(C)(=O)=O)c(-c3ccc4c(n3)-c3cc5c(F)cccc5n3C(CN3CC[C@@H](F)C3)C4)cc12. The van der Waals surface area contributed by atoms with Crippen molar-refractivity contribution >= 4 is 43.5 Å². The van der Waals surface area contributed by atoms with E-state index in [1.807, 2.05) is 18.2 Å². The number of likely N-dealkylation sites (tertiary alicyclic amines) is 1. The molecule has 3 aromatic heterocycles. The van der Waals surface area contributed by atoms with Crippen LogP contribution in [0.25, 0.3) is 55.8 Å². The molecule has 8 rings (SSSR count). The molecule has 1 N–H and O–H groups in total. The van der Waals surface area contributed by atoms with Crippen molar-refractivity contribution < 1.29 is 30.8 Å². The maximum absolute atomic E-state index is 15.2. The van der Waals surface area contributed by atoms with Crippen molar-refractivity contribution in [1.82, 2.24) is 19.8 Å². The number of nitrogens with one attached hydrogen (secondary N) is 1. The molecule has 262 valence electrons. The van der Waals surface area contributed by atoms with Gasteiger partial charge < -0.3 is 14.3 Å². The molecular formula is C38H34F3N5O4S. The predicted octanol–water partition coefficient (Wildman–Crippen LogP) is 6.96. The molecule has 5 heterocycles. The largest absolute Gasteiger partial charge is 0.455 e. The van der Waals surface area contributed by atoms with E-state index in [0.29, 0.717) is 77.0 Å². The first-order valence-corrected chi connectivity index (χ1v) is 18.4. The first-order valence-electron chi connectivity index (χ1n) is 16.6. The Labute approximate surface area is 292 Å². The summed E-state index contributed by atoms with van der Waals surface area (Å²) in [5, 5.41) is 3.50. The fourth-order valence-corrected chi connectivity index (χ4v) is 8.00. The Kier molecular flexibility index (Phi) is 7.95. The van der Waals surface area contributed by atoms with E-state index in [2.05, 4.69) is 14.8 Å². The summed E-state index contributed by atoms with van der Waals surface area (Å²) in [5.41, 5.74) is 4.94. The van der Waals surface area contributed by atoms with Crippen molar-refractivity contribution in [3.05, 3.63) is 95.6 Å². The normalized spacial score (nSPS) is 17.5. The van der Waals surface area contributed by atoms with Crippen LogP contribution in [0, 0.1) is 11.6 Å². The number of sulfonamides is 1. The molecule has 0 saturated carbocycles. The van der Waals surface area contributed by atoms with Crippen molar-refractivity contribution in [2.75, 3.05) is 44.3 Å². The van der Waals surface area contributed by atoms with Crippen LogP contribution in [0.15, 0.2) is 77.2 Å². The maximum atomic E-state index is 15.2. The average molecular weight is 714 g/mol. The van der Waals surface area contributed by atoms with Crippen LogP contribution in [-0.2, 0) is 16.4 Å². The molecule has 1 saturated heterocycles. The van der Waals surface area contributed by atoms with Gasteiger partial charge in [-0.15, -0.1) is 0 Å². The minimum Gasteiger partial charge on any atom is -0.455 e. The number of carbonyl (C=O) groups is 1. The summed E-state index contributed by atoms with van der Waals surface area (Å²) >= 11 is 0. The van der Waals surface area contributed by atoms with Gasteiger partial charge in [0.15, 0.2) is 0 Å². The zero-order valence-electron chi connectivity index (χ0n) is 28.1. The lowest BCUT2D eigenvalue weighted by atomic mass is 9.95. The molecule has 6 aromatic rings. The van der Waals surface area contributed by atoms with E-state index in [1.54, 1.807) is 24.3 Å². The van der Waals surface area contributed by atoms with E-state index in [-0.39, 0.29) is 34.5 Å². The molecule has 0 bridgehead atoms. The van der Waals surface area contributed by atoms with Gasteiger partial charge in [-0.2, -0.15) is 0 Å². The minimum atomic E-state index is -3.78. The summed E-state index contributed by atoms with van der Waals surface area (Å²) in [4.78, 5) is 20.6. The number of aromatic nitrogens is 2. The molecular weight excluding hydrogens is 680 g/mol. The fraction of sp³-hybridized carbons (Fsp3) is 0.263. The Morgan fingerprint density at radius 3 is 2.55 bits per heavy atom. The second-order valence-electron chi connectivity index (χ2n) is 13.3. The summed E-state index contributed by atoms with van der Waals surface area (Å²) in [6, 6.07) is 19.2. The summed E-state index contributed by atoms with van der Waals surface area (Å²) in [5.74, 6) is -1.07. The molecule has 1 unspecified atom stereocenters. The third-order valence-electron chi connectivity index (χ3n) is 10.0. The maximum Gasteiger partial charge on any atom is 0.255 e. The Hall–Kier alpha value is -5.14. The summed E-state index contributed by atoms with van der Waals surface area (Å²) < 4.78 is 78.6. The smallest absolute Gasteiger partial charge is 0.255 e. The average Bonchev–Trinajstić information content (AvgIpc) is 3.82. The number of hydrogen-bond acceptors (Lipinski definition) is 6. The Bertz CT molecular complexity index is 2480. The van der Waals surface area contributed by atoms with Gasteiger partial charge in [0.1, 0.15) is 29.1 Å². The summed E-state index contributed by atoms with van der Waals surface area (Å²) in [6.45, 7) is 1.60. The van der Waals surface area contributed by atoms with Crippen LogP contribution in [0.2, 0.25) is 0 Å². The van der Waals surface area contributed by atoms with E-state index < -0.39 is 27.9 Å². The lowest BCUT2D eigenvalue weighted by Gasteiger charge is -2.32. The third kappa shape index (κ3) is 5.64. The summed E-state index contributed by atoms with van der Waals surface area (Å²) in [6.07, 6.45) is 1.27. The highest BCUT2D eigenvalue weighted by Gasteiger charge is 2.33. The van der Waals surface area contributed by atoms with Crippen LogP contribution in [0.4, 0.5) is 18.9 Å². The van der Waals surface area contributed by atoms with Crippen LogP contribution < -0.4 is 9.62 Å². The molecule has 51 heavy (non-hydrogen) atoms. The van der Waals surface area contributed by atoms with Crippen molar-refractivity contribution in [3.8, 4) is 34.0 Å². The molecule has 13 heteroatoms. The molecule has 2 atom stereocenters. The molecule has 0 radical (unpaired) electrons. The van der Waals surface area contributed by atoms with Crippen LogP contribution in [0.1, 0.15) is 28.4 Å². The molecule has 3 aromatic carbocycles. The second-order valence-corrected chi connectivity index (χ2v) is 15.3. The first-order chi connectivity index (χ1) is 24.4. The third-order valence-corrected chi connectivity index (χ3v) is 11.2. The number of furan rings is 1. The number of hydrogen-bond donors (Lipinski definition) is 1.